The van der Waals surface area contributed by atoms with Crippen LogP contribution in [0.25, 0.3) is 0 Å². The van der Waals surface area contributed by atoms with Crippen LogP contribution in [-0.2, 0) is 6.42 Å². The number of hydrogen-bond acceptors (Lipinski definition) is 4. The second kappa shape index (κ2) is 6.26. The molecular formula is C14H25N5O. The van der Waals surface area contributed by atoms with Crippen LogP contribution in [0.3, 0.4) is 0 Å². The van der Waals surface area contributed by atoms with Gasteiger partial charge >= 0.3 is 0 Å². The highest BCUT2D eigenvalue weighted by Crippen LogP contribution is 2.20. The summed E-state index contributed by atoms with van der Waals surface area (Å²) in [5, 5.41) is 7.04. The summed E-state index contributed by atoms with van der Waals surface area (Å²) in [7, 11) is 2.09. The molecule has 2 heterocycles. The van der Waals surface area contributed by atoms with Gasteiger partial charge in [0.05, 0.1) is 11.4 Å². The number of carbonyl (C=O) groups is 1. The van der Waals surface area contributed by atoms with E-state index in [1.807, 2.05) is 4.90 Å². The van der Waals surface area contributed by atoms with Gasteiger partial charge in [0.15, 0.2) is 5.69 Å². The number of nitrogens with two attached hydrogens (primary N) is 1. The Morgan fingerprint density at radius 1 is 1.50 bits per heavy atom. The summed E-state index contributed by atoms with van der Waals surface area (Å²) in [4.78, 5) is 16.8. The van der Waals surface area contributed by atoms with Crippen LogP contribution in [0.2, 0.25) is 0 Å². The minimum atomic E-state index is -0.0519. The number of amides is 1. The predicted octanol–water partition coefficient (Wildman–Crippen LogP) is 1.11. The number of aryl methyl sites for hydroxylation is 1. The summed E-state index contributed by atoms with van der Waals surface area (Å²) in [6.07, 6.45) is 2.79. The summed E-state index contributed by atoms with van der Waals surface area (Å²) in [5.41, 5.74) is 7.82. The van der Waals surface area contributed by atoms with Gasteiger partial charge in [-0.1, -0.05) is 13.3 Å². The minimum Gasteiger partial charge on any atom is -0.395 e. The van der Waals surface area contributed by atoms with E-state index in [-0.39, 0.29) is 11.9 Å². The van der Waals surface area contributed by atoms with Crippen molar-refractivity contribution in [2.75, 3.05) is 32.4 Å². The Balaban J connectivity index is 2.17. The van der Waals surface area contributed by atoms with Crippen molar-refractivity contribution in [3.63, 3.8) is 0 Å². The molecule has 0 radical (unpaired) electrons. The van der Waals surface area contributed by atoms with Gasteiger partial charge in [0, 0.05) is 19.1 Å². The maximum atomic E-state index is 12.7. The molecule has 1 fully saturated rings. The monoisotopic (exact) mass is 279 g/mol. The Morgan fingerprint density at radius 3 is 2.95 bits per heavy atom. The lowest BCUT2D eigenvalue weighted by Gasteiger charge is -2.27. The third kappa shape index (κ3) is 2.95. The van der Waals surface area contributed by atoms with E-state index in [0.29, 0.717) is 11.4 Å². The molecule has 0 saturated carbocycles. The van der Waals surface area contributed by atoms with Gasteiger partial charge < -0.3 is 15.5 Å². The lowest BCUT2D eigenvalue weighted by atomic mass is 10.2. The van der Waals surface area contributed by atoms with Crippen LogP contribution in [0, 0.1) is 0 Å². The van der Waals surface area contributed by atoms with E-state index < -0.39 is 0 Å². The molecule has 1 aromatic heterocycles. The van der Waals surface area contributed by atoms with E-state index in [1.165, 1.54) is 0 Å². The molecule has 0 aliphatic carbocycles. The van der Waals surface area contributed by atoms with E-state index in [1.54, 1.807) is 0 Å². The second-order valence-electron chi connectivity index (χ2n) is 5.68. The molecule has 1 amide bonds. The molecule has 6 nitrogen and oxygen atoms in total. The Bertz CT molecular complexity index is 470. The first-order valence-corrected chi connectivity index (χ1v) is 7.36. The van der Waals surface area contributed by atoms with Gasteiger partial charge in [0.25, 0.3) is 5.91 Å². The number of nitrogen functional groups attached to an aromatic ring is 1. The van der Waals surface area contributed by atoms with E-state index in [0.717, 1.165) is 44.6 Å². The van der Waals surface area contributed by atoms with E-state index in [9.17, 15) is 4.79 Å². The zero-order valence-corrected chi connectivity index (χ0v) is 12.6. The molecular weight excluding hydrogens is 254 g/mol. The van der Waals surface area contributed by atoms with Crippen LogP contribution in [0.4, 0.5) is 5.69 Å². The Kier molecular flexibility index (Phi) is 4.65. The molecule has 0 spiro atoms. The van der Waals surface area contributed by atoms with Crippen molar-refractivity contribution < 1.29 is 4.79 Å². The van der Waals surface area contributed by atoms with Crippen molar-refractivity contribution >= 4 is 11.6 Å². The SMILES string of the molecule is CCCc1[nH]nc(C(=O)N2CCCN(C)CC2C)c1N. The minimum absolute atomic E-state index is 0.0519. The molecule has 112 valence electrons. The normalized spacial score (nSPS) is 20.9. The molecule has 1 atom stereocenters. The fourth-order valence-corrected chi connectivity index (χ4v) is 2.80. The average Bonchev–Trinajstić information content (AvgIpc) is 2.66. The number of anilines is 1. The molecule has 1 unspecified atom stereocenters. The summed E-state index contributed by atoms with van der Waals surface area (Å²) in [5.74, 6) is -0.0519. The van der Waals surface area contributed by atoms with Crippen LogP contribution in [-0.4, -0.2) is 58.6 Å². The maximum absolute atomic E-state index is 12.7. The molecule has 1 aromatic rings. The van der Waals surface area contributed by atoms with E-state index in [4.69, 9.17) is 5.73 Å². The molecule has 2 rings (SSSR count). The molecule has 1 saturated heterocycles. The standard InChI is InChI=1S/C14H25N5O/c1-4-6-11-12(15)13(17-16-11)14(20)19-8-5-7-18(3)9-10(19)2/h10H,4-9,15H2,1-3H3,(H,16,17). The molecule has 1 aliphatic rings. The first-order valence-electron chi connectivity index (χ1n) is 7.36. The number of hydrogen-bond donors (Lipinski definition) is 2. The summed E-state index contributed by atoms with van der Waals surface area (Å²) in [6.45, 7) is 6.83. The largest absolute Gasteiger partial charge is 0.395 e. The summed E-state index contributed by atoms with van der Waals surface area (Å²) in [6, 6.07) is 0.181. The van der Waals surface area contributed by atoms with Gasteiger partial charge in [-0.25, -0.2) is 0 Å². The molecule has 6 heteroatoms. The van der Waals surface area contributed by atoms with Crippen molar-refractivity contribution in [2.24, 2.45) is 0 Å². The first kappa shape index (κ1) is 14.8. The number of H-pyrrole nitrogens is 1. The molecule has 3 N–H and O–H groups in total. The molecule has 0 bridgehead atoms. The number of rotatable bonds is 3. The lowest BCUT2D eigenvalue weighted by molar-refractivity contribution is 0.0691. The highest BCUT2D eigenvalue weighted by atomic mass is 16.2. The number of nitrogens with one attached hydrogen (secondary N) is 1. The maximum Gasteiger partial charge on any atom is 0.276 e. The van der Waals surface area contributed by atoms with Crippen LogP contribution < -0.4 is 5.73 Å². The fraction of sp³-hybridized carbons (Fsp3) is 0.714. The quantitative estimate of drug-likeness (QED) is 0.869. The van der Waals surface area contributed by atoms with Gasteiger partial charge in [-0.3, -0.25) is 9.89 Å². The summed E-state index contributed by atoms with van der Waals surface area (Å²) >= 11 is 0. The fourth-order valence-electron chi connectivity index (χ4n) is 2.80. The van der Waals surface area contributed by atoms with Crippen LogP contribution in [0.5, 0.6) is 0 Å². The van der Waals surface area contributed by atoms with Gasteiger partial charge in [-0.2, -0.15) is 5.10 Å². The molecule has 0 aromatic carbocycles. The van der Waals surface area contributed by atoms with Crippen LogP contribution >= 0.6 is 0 Å². The number of aromatic amines is 1. The van der Waals surface area contributed by atoms with E-state index >= 15 is 0 Å². The van der Waals surface area contributed by atoms with Crippen LogP contribution in [0.1, 0.15) is 42.9 Å². The van der Waals surface area contributed by atoms with Gasteiger partial charge in [0.2, 0.25) is 0 Å². The third-order valence-corrected chi connectivity index (χ3v) is 3.89. The smallest absolute Gasteiger partial charge is 0.276 e. The Labute approximate surface area is 120 Å². The predicted molar refractivity (Wildman–Crippen MR) is 79.6 cm³/mol. The van der Waals surface area contributed by atoms with Gasteiger partial charge in [-0.15, -0.1) is 0 Å². The molecule has 20 heavy (non-hydrogen) atoms. The zero-order valence-electron chi connectivity index (χ0n) is 12.6. The lowest BCUT2D eigenvalue weighted by Crippen LogP contribution is -2.42. The Hall–Kier alpha value is -1.56. The van der Waals surface area contributed by atoms with Gasteiger partial charge in [-0.05, 0) is 33.4 Å². The number of carbonyl (C=O) groups excluding carboxylic acids is 1. The highest BCUT2D eigenvalue weighted by Gasteiger charge is 2.28. The van der Waals surface area contributed by atoms with Crippen LogP contribution in [0.15, 0.2) is 0 Å². The first-order chi connectivity index (χ1) is 9.54. The van der Waals surface area contributed by atoms with Crippen molar-refractivity contribution in [3.05, 3.63) is 11.4 Å². The van der Waals surface area contributed by atoms with Crippen molar-refractivity contribution in [2.45, 2.75) is 39.2 Å². The van der Waals surface area contributed by atoms with E-state index in [2.05, 4.69) is 36.0 Å². The van der Waals surface area contributed by atoms with Crippen molar-refractivity contribution in [1.29, 1.82) is 0 Å². The number of likely N-dealkylation sites (N-methyl/N-ethyl adjacent to an activating group) is 1. The number of nitrogens with zero attached hydrogens (tertiary/aromatic N) is 3. The van der Waals surface area contributed by atoms with Crippen molar-refractivity contribution in [1.82, 2.24) is 20.0 Å². The second-order valence-corrected chi connectivity index (χ2v) is 5.68. The highest BCUT2D eigenvalue weighted by molar-refractivity contribution is 5.97. The summed E-state index contributed by atoms with van der Waals surface area (Å²) < 4.78 is 0. The topological polar surface area (TPSA) is 78.2 Å². The van der Waals surface area contributed by atoms with Crippen molar-refractivity contribution in [3.8, 4) is 0 Å². The zero-order chi connectivity index (χ0) is 14.7. The Morgan fingerprint density at radius 2 is 2.25 bits per heavy atom. The van der Waals surface area contributed by atoms with Gasteiger partial charge in [0.1, 0.15) is 0 Å². The number of aromatic nitrogens is 2. The third-order valence-electron chi connectivity index (χ3n) is 3.89. The average molecular weight is 279 g/mol. The molecule has 1 aliphatic heterocycles.